The molecular weight excluding hydrogens is 366 g/mol. The summed E-state index contributed by atoms with van der Waals surface area (Å²) in [7, 11) is 5.34. The molecule has 152 valence electrons. The molecular formula is C23H27N3O3. The third-order valence-corrected chi connectivity index (χ3v) is 5.07. The summed E-state index contributed by atoms with van der Waals surface area (Å²) in [5.74, 6) is 0.551. The van der Waals surface area contributed by atoms with Gasteiger partial charge in [0.2, 0.25) is 5.91 Å². The first kappa shape index (κ1) is 20.6. The Morgan fingerprint density at radius 2 is 1.90 bits per heavy atom. The number of hydrogen-bond donors (Lipinski definition) is 2. The van der Waals surface area contributed by atoms with Crippen molar-refractivity contribution in [1.82, 2.24) is 15.2 Å². The zero-order valence-electron chi connectivity index (χ0n) is 17.3. The average Bonchev–Trinajstić information content (AvgIpc) is 2.70. The van der Waals surface area contributed by atoms with Gasteiger partial charge in [-0.3, -0.25) is 14.5 Å². The number of carbonyl (C=O) groups excluding carboxylic acids is 1. The number of fused-ring (bicyclic) bond motifs is 1. The van der Waals surface area contributed by atoms with Crippen molar-refractivity contribution < 1.29 is 9.53 Å². The molecule has 0 aliphatic rings. The quantitative estimate of drug-likeness (QED) is 0.647. The van der Waals surface area contributed by atoms with E-state index in [2.05, 4.69) is 10.3 Å². The Kier molecular flexibility index (Phi) is 6.34. The van der Waals surface area contributed by atoms with Crippen LogP contribution in [0, 0.1) is 6.92 Å². The van der Waals surface area contributed by atoms with E-state index in [1.807, 2.05) is 74.4 Å². The minimum absolute atomic E-state index is 0.0868. The molecule has 0 radical (unpaired) electrons. The van der Waals surface area contributed by atoms with Crippen LogP contribution in [0.3, 0.4) is 0 Å². The molecule has 1 atom stereocenters. The predicted octanol–water partition coefficient (Wildman–Crippen LogP) is 2.81. The number of methoxy groups -OCH3 is 1. The fourth-order valence-corrected chi connectivity index (χ4v) is 3.54. The molecule has 1 unspecified atom stereocenters. The second-order valence-electron chi connectivity index (χ2n) is 7.31. The van der Waals surface area contributed by atoms with Gasteiger partial charge in [0.1, 0.15) is 11.8 Å². The maximum atomic E-state index is 12.8. The number of H-pyrrole nitrogens is 1. The highest BCUT2D eigenvalue weighted by Crippen LogP contribution is 2.26. The van der Waals surface area contributed by atoms with Crippen LogP contribution in [0.15, 0.2) is 53.3 Å². The van der Waals surface area contributed by atoms with E-state index < -0.39 is 0 Å². The third kappa shape index (κ3) is 4.49. The molecule has 3 aromatic rings. The molecule has 1 amide bonds. The van der Waals surface area contributed by atoms with Crippen molar-refractivity contribution in [3.05, 3.63) is 75.6 Å². The highest BCUT2D eigenvalue weighted by Gasteiger charge is 2.22. The maximum absolute atomic E-state index is 12.8. The first-order valence-electron chi connectivity index (χ1n) is 9.61. The zero-order valence-corrected chi connectivity index (χ0v) is 17.3. The molecule has 0 saturated heterocycles. The van der Waals surface area contributed by atoms with Crippen LogP contribution in [0.1, 0.15) is 22.7 Å². The molecule has 2 N–H and O–H groups in total. The summed E-state index contributed by atoms with van der Waals surface area (Å²) in [6, 6.07) is 15.0. The smallest absolute Gasteiger partial charge is 0.251 e. The van der Waals surface area contributed by atoms with Gasteiger partial charge in [-0.2, -0.15) is 0 Å². The fraction of sp³-hybridized carbons (Fsp3) is 0.304. The van der Waals surface area contributed by atoms with Gasteiger partial charge in [0.05, 0.1) is 12.6 Å². The number of hydrogen-bond acceptors (Lipinski definition) is 4. The monoisotopic (exact) mass is 393 g/mol. The van der Waals surface area contributed by atoms with Gasteiger partial charge in [0.15, 0.2) is 0 Å². The SMILES string of the molecule is COc1ccc(C)c2cc(CCNC(=O)C(c3ccccc3)N(C)C)c(=O)[nH]c12. The molecule has 0 bridgehead atoms. The van der Waals surface area contributed by atoms with Crippen molar-refractivity contribution in [2.24, 2.45) is 0 Å². The van der Waals surface area contributed by atoms with Crippen LogP contribution in [-0.2, 0) is 11.2 Å². The number of ether oxygens (including phenoxy) is 1. The van der Waals surface area contributed by atoms with Gasteiger partial charge >= 0.3 is 0 Å². The fourth-order valence-electron chi connectivity index (χ4n) is 3.54. The van der Waals surface area contributed by atoms with E-state index in [0.29, 0.717) is 29.8 Å². The minimum atomic E-state index is -0.377. The average molecular weight is 393 g/mol. The Hall–Kier alpha value is -3.12. The Labute approximate surface area is 170 Å². The molecule has 0 spiro atoms. The normalized spacial score (nSPS) is 12.2. The summed E-state index contributed by atoms with van der Waals surface area (Å²) in [6.45, 7) is 2.38. The predicted molar refractivity (Wildman–Crippen MR) is 115 cm³/mol. The van der Waals surface area contributed by atoms with E-state index in [1.54, 1.807) is 7.11 Å². The van der Waals surface area contributed by atoms with E-state index in [9.17, 15) is 9.59 Å². The van der Waals surface area contributed by atoms with Crippen molar-refractivity contribution >= 4 is 16.8 Å². The van der Waals surface area contributed by atoms with Crippen LogP contribution in [0.4, 0.5) is 0 Å². The number of nitrogens with zero attached hydrogens (tertiary/aromatic N) is 1. The molecule has 29 heavy (non-hydrogen) atoms. The standard InChI is InChI=1S/C23H27N3O3/c1-15-10-11-19(29-4)20-18(15)14-17(22(27)25-20)12-13-24-23(28)21(26(2)3)16-8-6-5-7-9-16/h5-11,14,21H,12-13H2,1-4H3,(H,24,28)(H,25,27). The summed E-state index contributed by atoms with van der Waals surface area (Å²) in [6.07, 6.45) is 0.447. The lowest BCUT2D eigenvalue weighted by Crippen LogP contribution is -2.38. The number of carbonyl (C=O) groups is 1. The van der Waals surface area contributed by atoms with Gasteiger partial charge in [-0.25, -0.2) is 0 Å². The van der Waals surface area contributed by atoms with Crippen LogP contribution < -0.4 is 15.6 Å². The van der Waals surface area contributed by atoms with Crippen LogP contribution in [-0.4, -0.2) is 43.5 Å². The molecule has 1 aromatic heterocycles. The third-order valence-electron chi connectivity index (χ3n) is 5.07. The second-order valence-corrected chi connectivity index (χ2v) is 7.31. The van der Waals surface area contributed by atoms with Gasteiger partial charge in [-0.15, -0.1) is 0 Å². The Morgan fingerprint density at radius 3 is 2.55 bits per heavy atom. The van der Waals surface area contributed by atoms with Crippen molar-refractivity contribution in [3.63, 3.8) is 0 Å². The number of aromatic amines is 1. The highest BCUT2D eigenvalue weighted by molar-refractivity contribution is 5.87. The summed E-state index contributed by atoms with van der Waals surface area (Å²) in [5.41, 5.74) is 3.15. The second kappa shape index (κ2) is 8.92. The topological polar surface area (TPSA) is 74.4 Å². The number of amides is 1. The first-order chi connectivity index (χ1) is 13.9. The minimum Gasteiger partial charge on any atom is -0.495 e. The molecule has 0 aliphatic carbocycles. The number of rotatable bonds is 7. The molecule has 0 aliphatic heterocycles. The van der Waals surface area contributed by atoms with E-state index >= 15 is 0 Å². The zero-order chi connectivity index (χ0) is 21.0. The summed E-state index contributed by atoms with van der Waals surface area (Å²) in [5, 5.41) is 3.91. The lowest BCUT2D eigenvalue weighted by Gasteiger charge is -2.23. The van der Waals surface area contributed by atoms with E-state index in [-0.39, 0.29) is 17.5 Å². The van der Waals surface area contributed by atoms with Crippen molar-refractivity contribution in [1.29, 1.82) is 0 Å². The first-order valence-corrected chi connectivity index (χ1v) is 9.61. The molecule has 3 rings (SSSR count). The van der Waals surface area contributed by atoms with Gasteiger partial charge in [0, 0.05) is 17.5 Å². The number of benzene rings is 2. The van der Waals surface area contributed by atoms with Gasteiger partial charge < -0.3 is 15.0 Å². The van der Waals surface area contributed by atoms with Crippen LogP contribution >= 0.6 is 0 Å². The van der Waals surface area contributed by atoms with Crippen molar-refractivity contribution in [2.75, 3.05) is 27.7 Å². The number of nitrogens with one attached hydrogen (secondary N) is 2. The largest absolute Gasteiger partial charge is 0.495 e. The summed E-state index contributed by atoms with van der Waals surface area (Å²) >= 11 is 0. The summed E-state index contributed by atoms with van der Waals surface area (Å²) < 4.78 is 5.35. The number of pyridine rings is 1. The van der Waals surface area contributed by atoms with Gasteiger partial charge in [0.25, 0.3) is 5.56 Å². The molecule has 0 fully saturated rings. The maximum Gasteiger partial charge on any atom is 0.251 e. The van der Waals surface area contributed by atoms with Crippen LogP contribution in [0.2, 0.25) is 0 Å². The Morgan fingerprint density at radius 1 is 1.17 bits per heavy atom. The van der Waals surface area contributed by atoms with E-state index in [0.717, 1.165) is 16.5 Å². The highest BCUT2D eigenvalue weighted by atomic mass is 16.5. The van der Waals surface area contributed by atoms with E-state index in [4.69, 9.17) is 4.74 Å². The lowest BCUT2D eigenvalue weighted by molar-refractivity contribution is -0.125. The molecule has 2 aromatic carbocycles. The van der Waals surface area contributed by atoms with Gasteiger partial charge in [-0.1, -0.05) is 36.4 Å². The van der Waals surface area contributed by atoms with Crippen LogP contribution in [0.5, 0.6) is 5.75 Å². The molecule has 6 nitrogen and oxygen atoms in total. The lowest BCUT2D eigenvalue weighted by atomic mass is 10.0. The van der Waals surface area contributed by atoms with Crippen molar-refractivity contribution in [2.45, 2.75) is 19.4 Å². The number of likely N-dealkylation sites (N-methyl/N-ethyl adjacent to an activating group) is 1. The number of aryl methyl sites for hydroxylation is 1. The summed E-state index contributed by atoms with van der Waals surface area (Å²) in [4.78, 5) is 30.1. The molecule has 6 heteroatoms. The Balaban J connectivity index is 1.75. The van der Waals surface area contributed by atoms with E-state index in [1.165, 1.54) is 0 Å². The van der Waals surface area contributed by atoms with Crippen LogP contribution in [0.25, 0.3) is 10.9 Å². The Bertz CT molecular complexity index is 1060. The number of aromatic nitrogens is 1. The molecule has 1 heterocycles. The van der Waals surface area contributed by atoms with Crippen molar-refractivity contribution in [3.8, 4) is 5.75 Å². The molecule has 0 saturated carbocycles. The van der Waals surface area contributed by atoms with Gasteiger partial charge in [-0.05, 0) is 50.7 Å².